The van der Waals surface area contributed by atoms with E-state index in [-0.39, 0.29) is 42.3 Å². The van der Waals surface area contributed by atoms with Crippen molar-refractivity contribution in [3.8, 4) is 22.3 Å². The topological polar surface area (TPSA) is 109 Å². The quantitative estimate of drug-likeness (QED) is 0.128. The molecule has 7 nitrogen and oxygen atoms in total. The Morgan fingerprint density at radius 3 is 1.31 bits per heavy atom. The fourth-order valence-corrected chi connectivity index (χ4v) is 5.67. The molecule has 0 spiro atoms. The lowest BCUT2D eigenvalue weighted by molar-refractivity contribution is -0.385. The summed E-state index contributed by atoms with van der Waals surface area (Å²) in [5.74, 6) is 0. The van der Waals surface area contributed by atoms with Crippen molar-refractivity contribution in [3.05, 3.63) is 113 Å². The summed E-state index contributed by atoms with van der Waals surface area (Å²) in [4.78, 5) is 22.1. The predicted molar refractivity (Wildman–Crippen MR) is 142 cm³/mol. The number of nitrogens with zero attached hydrogens (tertiary/aromatic N) is 2. The van der Waals surface area contributed by atoms with Gasteiger partial charge in [-0.15, -0.1) is 0 Å². The van der Waals surface area contributed by atoms with Gasteiger partial charge in [0.05, 0.1) is 9.85 Å². The second-order valence-corrected chi connectivity index (χ2v) is 10.5. The van der Waals surface area contributed by atoms with Crippen LogP contribution in [0.3, 0.4) is 0 Å². The van der Waals surface area contributed by atoms with Crippen LogP contribution in [0.25, 0.3) is 22.3 Å². The fraction of sp³-hybridized carbons (Fsp3) is 0. The summed E-state index contributed by atoms with van der Waals surface area (Å²) in [6.07, 6.45) is 0. The molecule has 12 heteroatoms. The van der Waals surface area contributed by atoms with Crippen LogP contribution in [0.4, 0.5) is 11.4 Å². The van der Waals surface area contributed by atoms with Crippen LogP contribution in [-0.2, 0) is 11.2 Å². The van der Waals surface area contributed by atoms with Gasteiger partial charge >= 0.3 is 0 Å². The summed E-state index contributed by atoms with van der Waals surface area (Å²) in [5, 5.41) is 23.7. The molecule has 0 fully saturated rings. The average Bonchev–Trinajstić information content (AvgIpc) is 2.84. The van der Waals surface area contributed by atoms with Gasteiger partial charge in [0, 0.05) is 77.8 Å². The molecular weight excluding hydrogens is 570 g/mol. The van der Waals surface area contributed by atoms with E-state index in [1.165, 1.54) is 72.8 Å². The first-order valence-corrected chi connectivity index (χ1v) is 12.6. The van der Waals surface area contributed by atoms with E-state index in [9.17, 15) is 24.8 Å². The Balaban J connectivity index is 1.94. The Morgan fingerprint density at radius 2 is 0.944 bits per heavy atom. The van der Waals surface area contributed by atoms with Gasteiger partial charge in [0.1, 0.15) is 0 Å². The highest BCUT2D eigenvalue weighted by atomic mass is 35.5. The molecule has 4 rings (SSSR count). The van der Waals surface area contributed by atoms with Crippen molar-refractivity contribution < 1.29 is 14.4 Å². The van der Waals surface area contributed by atoms with Crippen LogP contribution in [0.2, 0.25) is 20.1 Å². The van der Waals surface area contributed by atoms with Crippen molar-refractivity contribution in [1.29, 1.82) is 0 Å². The molecule has 0 radical (unpaired) electrons. The smallest absolute Gasteiger partial charge is 0.270 e. The Bertz CT molecular complexity index is 1420. The van der Waals surface area contributed by atoms with Gasteiger partial charge in [-0.3, -0.25) is 20.2 Å². The molecule has 0 atom stereocenters. The summed E-state index contributed by atoms with van der Waals surface area (Å²) in [6, 6.07) is 16.9. The number of rotatable bonds is 6. The lowest BCUT2D eigenvalue weighted by Gasteiger charge is -2.18. The van der Waals surface area contributed by atoms with Gasteiger partial charge in [-0.05, 0) is 48.5 Å². The fourth-order valence-electron chi connectivity index (χ4n) is 3.53. The van der Waals surface area contributed by atoms with Gasteiger partial charge in [-0.25, -0.2) is 0 Å². The molecule has 0 saturated heterocycles. The number of hydrogen-bond acceptors (Lipinski definition) is 5. The zero-order valence-corrected chi connectivity index (χ0v) is 21.6. The monoisotopic (exact) mass is 580 g/mol. The average molecular weight is 582 g/mol. The first-order valence-electron chi connectivity index (χ1n) is 9.96. The van der Waals surface area contributed by atoms with E-state index in [1.807, 2.05) is 0 Å². The first-order chi connectivity index (χ1) is 17.1. The van der Waals surface area contributed by atoms with Gasteiger partial charge in [-0.1, -0.05) is 46.4 Å². The molecule has 0 saturated carbocycles. The summed E-state index contributed by atoms with van der Waals surface area (Å²) in [5.41, 5.74) is 0.755. The highest BCUT2D eigenvalue weighted by Gasteiger charge is 2.27. The molecule has 36 heavy (non-hydrogen) atoms. The minimum Gasteiger partial charge on any atom is -0.606 e. The summed E-state index contributed by atoms with van der Waals surface area (Å²) in [7, 11) is 0. The van der Waals surface area contributed by atoms with Crippen LogP contribution in [0.15, 0.2) is 82.6 Å². The summed E-state index contributed by atoms with van der Waals surface area (Å²) >= 11 is 23.2. The number of benzene rings is 4. The second kappa shape index (κ2) is 10.6. The Hall–Kier alpha value is -2.85. The van der Waals surface area contributed by atoms with E-state index in [0.29, 0.717) is 21.2 Å². The molecular formula is C24H12Cl4N2O5S. The van der Waals surface area contributed by atoms with Crippen LogP contribution in [-0.4, -0.2) is 14.4 Å². The van der Waals surface area contributed by atoms with E-state index in [2.05, 4.69) is 0 Å². The molecule has 0 aliphatic heterocycles. The Kier molecular flexibility index (Phi) is 7.75. The number of nitro groups is 2. The third-order valence-corrected chi connectivity index (χ3v) is 7.82. The minimum absolute atomic E-state index is 0.194. The molecule has 0 N–H and O–H groups in total. The van der Waals surface area contributed by atoms with Crippen molar-refractivity contribution in [2.75, 3.05) is 0 Å². The van der Waals surface area contributed by atoms with Gasteiger partial charge < -0.3 is 4.55 Å². The van der Waals surface area contributed by atoms with Gasteiger partial charge in [0.15, 0.2) is 9.79 Å². The van der Waals surface area contributed by atoms with Crippen molar-refractivity contribution in [3.63, 3.8) is 0 Å². The molecule has 0 aromatic heterocycles. The molecule has 0 aliphatic carbocycles. The maximum Gasteiger partial charge on any atom is 0.270 e. The first kappa shape index (κ1) is 26.2. The molecule has 0 unspecified atom stereocenters. The van der Waals surface area contributed by atoms with Crippen LogP contribution >= 0.6 is 46.4 Å². The summed E-state index contributed by atoms with van der Waals surface area (Å²) in [6.45, 7) is 0. The zero-order valence-electron chi connectivity index (χ0n) is 17.8. The maximum absolute atomic E-state index is 14.0. The van der Waals surface area contributed by atoms with Crippen molar-refractivity contribution in [2.24, 2.45) is 0 Å². The molecule has 182 valence electrons. The minimum atomic E-state index is -1.91. The molecule has 4 aromatic rings. The van der Waals surface area contributed by atoms with E-state index in [4.69, 9.17) is 46.4 Å². The number of non-ortho nitro benzene ring substituents is 2. The van der Waals surface area contributed by atoms with Gasteiger partial charge in [-0.2, -0.15) is 0 Å². The standard InChI is InChI=1S/C24H12Cl4N2O5S/c25-13-1-7-23(19(9-13)17-11-15(29(31)32)3-5-21(17)27)36(35)24-8-2-14(26)10-20(24)18-12-16(30(33)34)4-6-22(18)28/h1-12H. The number of halogens is 4. The van der Waals surface area contributed by atoms with Crippen LogP contribution in [0.5, 0.6) is 0 Å². The van der Waals surface area contributed by atoms with Gasteiger partial charge in [0.2, 0.25) is 0 Å². The number of hydrogen-bond donors (Lipinski definition) is 0. The Labute approximate surface area is 227 Å². The van der Waals surface area contributed by atoms with Gasteiger partial charge in [0.25, 0.3) is 11.4 Å². The van der Waals surface area contributed by atoms with Crippen LogP contribution < -0.4 is 0 Å². The van der Waals surface area contributed by atoms with Crippen molar-refractivity contribution >= 4 is 69.0 Å². The maximum atomic E-state index is 14.0. The lowest BCUT2D eigenvalue weighted by Crippen LogP contribution is -2.07. The van der Waals surface area contributed by atoms with Crippen LogP contribution in [0.1, 0.15) is 0 Å². The third kappa shape index (κ3) is 5.29. The highest BCUT2D eigenvalue weighted by molar-refractivity contribution is 7.91. The normalized spacial score (nSPS) is 11.1. The van der Waals surface area contributed by atoms with Crippen molar-refractivity contribution in [2.45, 2.75) is 9.79 Å². The molecule has 0 bridgehead atoms. The van der Waals surface area contributed by atoms with Crippen LogP contribution in [0, 0.1) is 20.2 Å². The largest absolute Gasteiger partial charge is 0.606 e. The van der Waals surface area contributed by atoms with E-state index in [1.54, 1.807) is 0 Å². The van der Waals surface area contributed by atoms with Crippen molar-refractivity contribution in [1.82, 2.24) is 0 Å². The molecule has 0 amide bonds. The SMILES string of the molecule is O=[N+]([O-])c1ccc(Cl)c(-c2cc(Cl)ccc2[S+]([O-])c2ccc(Cl)cc2-c2cc([N+](=O)[O-])ccc2Cl)c1. The third-order valence-electron chi connectivity index (χ3n) is 5.18. The Morgan fingerprint density at radius 1 is 0.556 bits per heavy atom. The van der Waals surface area contributed by atoms with E-state index < -0.39 is 21.0 Å². The molecule has 4 aromatic carbocycles. The zero-order chi connectivity index (χ0) is 26.1. The predicted octanol–water partition coefficient (Wildman–Crippen LogP) is 8.62. The molecule has 0 heterocycles. The highest BCUT2D eigenvalue weighted by Crippen LogP contribution is 2.43. The number of nitro benzene ring substituents is 2. The van der Waals surface area contributed by atoms with E-state index >= 15 is 0 Å². The van der Waals surface area contributed by atoms with E-state index in [0.717, 1.165) is 0 Å². The second-order valence-electron chi connectivity index (χ2n) is 7.39. The molecule has 0 aliphatic rings. The lowest BCUT2D eigenvalue weighted by atomic mass is 10.0. The summed E-state index contributed by atoms with van der Waals surface area (Å²) < 4.78 is 14.0.